The van der Waals surface area contributed by atoms with E-state index < -0.39 is 5.91 Å². The van der Waals surface area contributed by atoms with E-state index in [0.717, 1.165) is 5.56 Å². The molecule has 1 heterocycles. The van der Waals surface area contributed by atoms with Crippen LogP contribution in [0.15, 0.2) is 12.1 Å². The Balaban J connectivity index is 2.33. The zero-order valence-corrected chi connectivity index (χ0v) is 8.03. The molecule has 5 nitrogen and oxygen atoms in total. The van der Waals surface area contributed by atoms with E-state index >= 15 is 0 Å². The molecule has 0 radical (unpaired) electrons. The summed E-state index contributed by atoms with van der Waals surface area (Å²) in [6, 6.07) is 4.89. The van der Waals surface area contributed by atoms with Crippen molar-refractivity contribution in [2.24, 2.45) is 0 Å². The molecule has 1 amide bonds. The molecule has 15 heavy (non-hydrogen) atoms. The summed E-state index contributed by atoms with van der Waals surface area (Å²) in [4.78, 5) is 10.9. The van der Waals surface area contributed by atoms with Crippen LogP contribution in [-0.4, -0.2) is 12.7 Å². The third-order valence-corrected chi connectivity index (χ3v) is 2.07. The number of nitriles is 1. The largest absolute Gasteiger partial charge is 0.454 e. The first-order valence-corrected chi connectivity index (χ1v) is 4.32. The second-order valence-electron chi connectivity index (χ2n) is 3.09. The Morgan fingerprint density at radius 1 is 1.47 bits per heavy atom. The maximum absolute atomic E-state index is 10.9. The van der Waals surface area contributed by atoms with Crippen molar-refractivity contribution in [3.05, 3.63) is 17.7 Å². The molecule has 1 aromatic rings. The van der Waals surface area contributed by atoms with E-state index in [2.05, 4.69) is 5.32 Å². The van der Waals surface area contributed by atoms with Gasteiger partial charge in [0.05, 0.1) is 0 Å². The molecule has 0 atom stereocenters. The van der Waals surface area contributed by atoms with E-state index in [1.807, 2.05) is 6.92 Å². The second kappa shape index (κ2) is 3.50. The molecule has 0 saturated heterocycles. The summed E-state index contributed by atoms with van der Waals surface area (Å²) in [7, 11) is 0. The molecule has 76 valence electrons. The highest BCUT2D eigenvalue weighted by molar-refractivity contribution is 6.02. The molecule has 1 aromatic carbocycles. The Morgan fingerprint density at radius 3 is 2.80 bits per heavy atom. The highest BCUT2D eigenvalue weighted by Crippen LogP contribution is 2.36. The van der Waals surface area contributed by atoms with Crippen molar-refractivity contribution in [3.63, 3.8) is 0 Å². The van der Waals surface area contributed by atoms with Crippen LogP contribution in [0.5, 0.6) is 11.5 Å². The smallest absolute Gasteiger partial charge is 0.326 e. The average Bonchev–Trinajstić information content (AvgIpc) is 2.65. The molecule has 0 aliphatic carbocycles. The third kappa shape index (κ3) is 1.70. The summed E-state index contributed by atoms with van der Waals surface area (Å²) in [5, 5.41) is 10.8. The van der Waals surface area contributed by atoms with Gasteiger partial charge >= 0.3 is 5.91 Å². The molecule has 0 fully saturated rings. The van der Waals surface area contributed by atoms with Crippen LogP contribution in [0.1, 0.15) is 5.56 Å². The fraction of sp³-hybridized carbons (Fsp3) is 0.200. The van der Waals surface area contributed by atoms with Gasteiger partial charge in [-0.15, -0.1) is 0 Å². The number of nitrogens with zero attached hydrogens (tertiary/aromatic N) is 1. The van der Waals surface area contributed by atoms with Crippen molar-refractivity contribution in [1.82, 2.24) is 0 Å². The summed E-state index contributed by atoms with van der Waals surface area (Å²) in [5.41, 5.74) is 1.38. The molecule has 1 N–H and O–H groups in total. The number of rotatable bonds is 1. The minimum absolute atomic E-state index is 0.185. The number of ether oxygens (including phenoxy) is 2. The number of aryl methyl sites for hydroxylation is 1. The van der Waals surface area contributed by atoms with Gasteiger partial charge in [0.15, 0.2) is 17.6 Å². The van der Waals surface area contributed by atoms with Gasteiger partial charge in [-0.3, -0.25) is 4.79 Å². The molecular formula is C10H8N2O3. The summed E-state index contributed by atoms with van der Waals surface area (Å²) in [6.45, 7) is 2.00. The fourth-order valence-corrected chi connectivity index (χ4v) is 1.33. The van der Waals surface area contributed by atoms with Crippen LogP contribution >= 0.6 is 0 Å². The van der Waals surface area contributed by atoms with Gasteiger partial charge in [0, 0.05) is 11.8 Å². The lowest BCUT2D eigenvalue weighted by atomic mass is 10.2. The number of nitrogens with one attached hydrogen (secondary N) is 1. The van der Waals surface area contributed by atoms with Crippen molar-refractivity contribution in [3.8, 4) is 17.6 Å². The SMILES string of the molecule is Cc1cc2c(cc1NC(=O)C#N)OCO2. The Bertz CT molecular complexity index is 462. The molecule has 1 aliphatic heterocycles. The van der Waals surface area contributed by atoms with Gasteiger partial charge in [-0.2, -0.15) is 5.26 Å². The maximum Gasteiger partial charge on any atom is 0.326 e. The molecule has 0 saturated carbocycles. The van der Waals surface area contributed by atoms with Crippen LogP contribution in [0.4, 0.5) is 5.69 Å². The van der Waals surface area contributed by atoms with Crippen molar-refractivity contribution in [2.45, 2.75) is 6.92 Å². The minimum atomic E-state index is -0.697. The minimum Gasteiger partial charge on any atom is -0.454 e. The van der Waals surface area contributed by atoms with Crippen molar-refractivity contribution in [2.75, 3.05) is 12.1 Å². The molecule has 0 bridgehead atoms. The second-order valence-corrected chi connectivity index (χ2v) is 3.09. The standard InChI is InChI=1S/C10H8N2O3/c1-6-2-8-9(15-5-14-8)3-7(6)12-10(13)4-11/h2-3H,5H2,1H3,(H,12,13). The van der Waals surface area contributed by atoms with Gasteiger partial charge in [-0.25, -0.2) is 0 Å². The highest BCUT2D eigenvalue weighted by atomic mass is 16.7. The predicted molar refractivity (Wildman–Crippen MR) is 51.5 cm³/mol. The first kappa shape index (κ1) is 9.34. The lowest BCUT2D eigenvalue weighted by Crippen LogP contribution is -2.09. The number of benzene rings is 1. The van der Waals surface area contributed by atoms with Gasteiger partial charge in [0.1, 0.15) is 0 Å². The number of fused-ring (bicyclic) bond motifs is 1. The number of hydrogen-bond donors (Lipinski definition) is 1. The summed E-state index contributed by atoms with van der Waals surface area (Å²) in [5.74, 6) is 0.535. The van der Waals surface area contributed by atoms with Crippen molar-refractivity contribution >= 4 is 11.6 Å². The first-order chi connectivity index (χ1) is 7.20. The molecule has 2 rings (SSSR count). The molecule has 5 heteroatoms. The zero-order valence-electron chi connectivity index (χ0n) is 8.03. The normalized spacial score (nSPS) is 12.0. The van der Waals surface area contributed by atoms with Gasteiger partial charge in [-0.05, 0) is 18.6 Å². The summed E-state index contributed by atoms with van der Waals surface area (Å²) >= 11 is 0. The van der Waals surface area contributed by atoms with Crippen LogP contribution in [-0.2, 0) is 4.79 Å². The number of amides is 1. The topological polar surface area (TPSA) is 71.4 Å². The van der Waals surface area contributed by atoms with Crippen LogP contribution in [0.25, 0.3) is 0 Å². The lowest BCUT2D eigenvalue weighted by Gasteiger charge is -2.06. The molecular weight excluding hydrogens is 196 g/mol. The van der Waals surface area contributed by atoms with E-state index in [1.165, 1.54) is 6.07 Å². The zero-order chi connectivity index (χ0) is 10.8. The van der Waals surface area contributed by atoms with Crippen LogP contribution < -0.4 is 14.8 Å². The Kier molecular flexibility index (Phi) is 2.18. The summed E-state index contributed by atoms with van der Waals surface area (Å²) in [6.07, 6.45) is 0. The third-order valence-electron chi connectivity index (χ3n) is 2.07. The van der Waals surface area contributed by atoms with E-state index in [-0.39, 0.29) is 6.79 Å². The number of carbonyl (C=O) groups excluding carboxylic acids is 1. The average molecular weight is 204 g/mol. The van der Waals surface area contributed by atoms with E-state index in [0.29, 0.717) is 17.2 Å². The Morgan fingerprint density at radius 2 is 2.13 bits per heavy atom. The predicted octanol–water partition coefficient (Wildman–Crippen LogP) is 1.19. The van der Waals surface area contributed by atoms with Crippen LogP contribution in [0.3, 0.4) is 0 Å². The van der Waals surface area contributed by atoms with Crippen LogP contribution in [0.2, 0.25) is 0 Å². The number of hydrogen-bond acceptors (Lipinski definition) is 4. The number of carbonyl (C=O) groups is 1. The van der Waals surface area contributed by atoms with E-state index in [9.17, 15) is 4.79 Å². The van der Waals surface area contributed by atoms with Gasteiger partial charge in [0.2, 0.25) is 6.79 Å². The van der Waals surface area contributed by atoms with Crippen molar-refractivity contribution in [1.29, 1.82) is 5.26 Å². The Labute approximate surface area is 86.2 Å². The van der Waals surface area contributed by atoms with Crippen molar-refractivity contribution < 1.29 is 14.3 Å². The maximum atomic E-state index is 10.9. The van der Waals surface area contributed by atoms with Crippen LogP contribution in [0, 0.1) is 18.3 Å². The molecule has 0 aromatic heterocycles. The van der Waals surface area contributed by atoms with Gasteiger partial charge in [-0.1, -0.05) is 0 Å². The molecule has 0 spiro atoms. The fourth-order valence-electron chi connectivity index (χ4n) is 1.33. The quantitative estimate of drug-likeness (QED) is 0.697. The summed E-state index contributed by atoms with van der Waals surface area (Å²) < 4.78 is 10.3. The first-order valence-electron chi connectivity index (χ1n) is 4.32. The van der Waals surface area contributed by atoms with E-state index in [4.69, 9.17) is 14.7 Å². The highest BCUT2D eigenvalue weighted by Gasteiger charge is 2.16. The molecule has 0 unspecified atom stereocenters. The number of anilines is 1. The van der Waals surface area contributed by atoms with Gasteiger partial charge < -0.3 is 14.8 Å². The Hall–Kier alpha value is -2.22. The molecule has 1 aliphatic rings. The van der Waals surface area contributed by atoms with Gasteiger partial charge in [0.25, 0.3) is 0 Å². The monoisotopic (exact) mass is 204 g/mol. The van der Waals surface area contributed by atoms with E-state index in [1.54, 1.807) is 12.1 Å². The lowest BCUT2D eigenvalue weighted by molar-refractivity contribution is -0.111.